The molecule has 0 aliphatic carbocycles. The third-order valence-corrected chi connectivity index (χ3v) is 4.52. The van der Waals surface area contributed by atoms with Gasteiger partial charge < -0.3 is 10.5 Å². The van der Waals surface area contributed by atoms with E-state index in [2.05, 4.69) is 0 Å². The highest BCUT2D eigenvalue weighted by atomic mass is 32.2. The molecule has 0 fully saturated rings. The number of nitrogens with two attached hydrogens (primary N) is 1. The van der Waals surface area contributed by atoms with E-state index in [-0.39, 0.29) is 23.9 Å². The number of aryl methyl sites for hydroxylation is 2. The van der Waals surface area contributed by atoms with Crippen molar-refractivity contribution in [3.8, 4) is 5.75 Å². The summed E-state index contributed by atoms with van der Waals surface area (Å²) in [6.45, 7) is 5.46. The summed E-state index contributed by atoms with van der Waals surface area (Å²) in [5.41, 5.74) is 7.77. The average molecular weight is 284 g/mol. The Bertz CT molecular complexity index is 557. The fourth-order valence-corrected chi connectivity index (χ4v) is 2.37. The zero-order valence-electron chi connectivity index (χ0n) is 11.5. The van der Waals surface area contributed by atoms with Gasteiger partial charge in [-0.05, 0) is 37.1 Å². The van der Waals surface area contributed by atoms with Crippen LogP contribution in [0.25, 0.3) is 0 Å². The smallest absolute Gasteiger partial charge is 0.153 e. The van der Waals surface area contributed by atoms with Crippen molar-refractivity contribution in [2.45, 2.75) is 20.8 Å². The van der Waals surface area contributed by atoms with E-state index in [0.717, 1.165) is 11.1 Å². The van der Waals surface area contributed by atoms with E-state index in [0.29, 0.717) is 11.3 Å². The minimum atomic E-state index is -3.02. The van der Waals surface area contributed by atoms with Crippen LogP contribution in [0.5, 0.6) is 5.75 Å². The summed E-state index contributed by atoms with van der Waals surface area (Å²) in [6, 6.07) is 3.53. The third kappa shape index (κ3) is 4.24. The monoisotopic (exact) mass is 284 g/mol. The van der Waals surface area contributed by atoms with Gasteiger partial charge in [0.15, 0.2) is 9.84 Å². The van der Waals surface area contributed by atoms with E-state index in [9.17, 15) is 8.42 Å². The second-order valence-corrected chi connectivity index (χ2v) is 6.91. The summed E-state index contributed by atoms with van der Waals surface area (Å²) in [5, 5.41) is 7.40. The lowest BCUT2D eigenvalue weighted by Crippen LogP contribution is -2.17. The Balaban J connectivity index is 2.83. The van der Waals surface area contributed by atoms with Gasteiger partial charge in [0.2, 0.25) is 0 Å². The topological polar surface area (TPSA) is 93.2 Å². The Morgan fingerprint density at radius 3 is 2.26 bits per heavy atom. The number of ether oxygens (including phenoxy) is 1. The van der Waals surface area contributed by atoms with Crippen molar-refractivity contribution in [1.82, 2.24) is 0 Å². The first-order valence-corrected chi connectivity index (χ1v) is 7.88. The molecular formula is C13H20N2O3S. The molecule has 0 saturated carbocycles. The van der Waals surface area contributed by atoms with Gasteiger partial charge in [-0.2, -0.15) is 0 Å². The Morgan fingerprint density at radius 2 is 1.84 bits per heavy atom. The molecule has 0 atom stereocenters. The van der Waals surface area contributed by atoms with E-state index in [1.165, 1.54) is 0 Å². The van der Waals surface area contributed by atoms with Gasteiger partial charge in [-0.25, -0.2) is 8.42 Å². The molecular weight excluding hydrogens is 264 g/mol. The maximum atomic E-state index is 11.4. The van der Waals surface area contributed by atoms with Crippen molar-refractivity contribution >= 4 is 15.7 Å². The van der Waals surface area contributed by atoms with Crippen LogP contribution in [0, 0.1) is 19.3 Å². The van der Waals surface area contributed by atoms with Crippen molar-refractivity contribution in [1.29, 1.82) is 5.41 Å². The molecule has 0 heterocycles. The largest absolute Gasteiger partial charge is 0.492 e. The number of sulfone groups is 1. The number of rotatable bonds is 6. The van der Waals surface area contributed by atoms with E-state index < -0.39 is 9.84 Å². The average Bonchev–Trinajstić information content (AvgIpc) is 2.32. The molecule has 0 aliphatic heterocycles. The lowest BCUT2D eigenvalue weighted by Gasteiger charge is -2.13. The van der Waals surface area contributed by atoms with Crippen LogP contribution in [0.15, 0.2) is 12.1 Å². The summed E-state index contributed by atoms with van der Waals surface area (Å²) in [5.74, 6) is 0.802. The van der Waals surface area contributed by atoms with E-state index in [1.807, 2.05) is 13.8 Å². The molecule has 1 rings (SSSR count). The van der Waals surface area contributed by atoms with Crippen molar-refractivity contribution in [2.75, 3.05) is 18.1 Å². The van der Waals surface area contributed by atoms with Crippen LogP contribution in [0.3, 0.4) is 0 Å². The van der Waals surface area contributed by atoms with Gasteiger partial charge in [0, 0.05) is 11.3 Å². The van der Waals surface area contributed by atoms with Crippen LogP contribution in [0.4, 0.5) is 0 Å². The van der Waals surface area contributed by atoms with Crippen LogP contribution < -0.4 is 10.5 Å². The van der Waals surface area contributed by atoms with Crippen molar-refractivity contribution < 1.29 is 13.2 Å². The summed E-state index contributed by atoms with van der Waals surface area (Å²) in [7, 11) is -3.02. The van der Waals surface area contributed by atoms with Gasteiger partial charge in [-0.3, -0.25) is 5.41 Å². The van der Waals surface area contributed by atoms with Crippen molar-refractivity contribution in [2.24, 2.45) is 5.73 Å². The molecule has 0 spiro atoms. The minimum absolute atomic E-state index is 0.00584. The molecule has 1 aromatic carbocycles. The molecule has 1 aromatic rings. The molecule has 0 saturated heterocycles. The standard InChI is InChI=1S/C13H20N2O3S/c1-4-19(16,17)6-5-18-12-9(2)7-11(13(14)15)8-10(12)3/h7-8H,4-6H2,1-3H3,(H3,14,15). The summed E-state index contributed by atoms with van der Waals surface area (Å²) in [6.07, 6.45) is 0. The van der Waals surface area contributed by atoms with Gasteiger partial charge >= 0.3 is 0 Å². The second-order valence-electron chi connectivity index (χ2n) is 4.44. The number of benzene rings is 1. The summed E-state index contributed by atoms with van der Waals surface area (Å²) < 4.78 is 28.3. The highest BCUT2D eigenvalue weighted by Gasteiger charge is 2.11. The van der Waals surface area contributed by atoms with Gasteiger partial charge in [-0.15, -0.1) is 0 Å². The van der Waals surface area contributed by atoms with Crippen LogP contribution in [0.2, 0.25) is 0 Å². The highest BCUT2D eigenvalue weighted by Crippen LogP contribution is 2.24. The molecule has 0 unspecified atom stereocenters. The van der Waals surface area contributed by atoms with Crippen LogP contribution in [0.1, 0.15) is 23.6 Å². The number of hydrogen-bond acceptors (Lipinski definition) is 4. The molecule has 0 amide bonds. The zero-order valence-corrected chi connectivity index (χ0v) is 12.3. The molecule has 5 nitrogen and oxygen atoms in total. The first-order valence-electron chi connectivity index (χ1n) is 6.05. The van der Waals surface area contributed by atoms with Crippen LogP contribution in [-0.2, 0) is 9.84 Å². The van der Waals surface area contributed by atoms with Gasteiger partial charge in [0.25, 0.3) is 0 Å². The van der Waals surface area contributed by atoms with Gasteiger partial charge in [-0.1, -0.05) is 6.92 Å². The first kappa shape index (κ1) is 15.5. The predicted molar refractivity (Wildman–Crippen MR) is 76.8 cm³/mol. The normalized spacial score (nSPS) is 11.3. The molecule has 6 heteroatoms. The van der Waals surface area contributed by atoms with E-state index in [1.54, 1.807) is 19.1 Å². The lowest BCUT2D eigenvalue weighted by molar-refractivity contribution is 0.336. The fourth-order valence-electron chi connectivity index (χ4n) is 1.75. The lowest BCUT2D eigenvalue weighted by atomic mass is 10.1. The maximum absolute atomic E-state index is 11.4. The summed E-state index contributed by atoms with van der Waals surface area (Å²) >= 11 is 0. The van der Waals surface area contributed by atoms with E-state index in [4.69, 9.17) is 15.9 Å². The number of hydrogen-bond donors (Lipinski definition) is 2. The zero-order chi connectivity index (χ0) is 14.6. The molecule has 0 aromatic heterocycles. The Kier molecular flexibility index (Phi) is 4.94. The minimum Gasteiger partial charge on any atom is -0.492 e. The Labute approximate surface area is 114 Å². The molecule has 0 aliphatic rings. The van der Waals surface area contributed by atoms with Crippen LogP contribution in [-0.4, -0.2) is 32.4 Å². The molecule has 19 heavy (non-hydrogen) atoms. The highest BCUT2D eigenvalue weighted by molar-refractivity contribution is 7.91. The second kappa shape index (κ2) is 6.06. The SMILES string of the molecule is CCS(=O)(=O)CCOc1c(C)cc(C(=N)N)cc1C. The number of amidine groups is 1. The summed E-state index contributed by atoms with van der Waals surface area (Å²) in [4.78, 5) is 0. The fraction of sp³-hybridized carbons (Fsp3) is 0.462. The van der Waals surface area contributed by atoms with Gasteiger partial charge in [0.1, 0.15) is 18.2 Å². The number of nitrogen functional groups attached to an aromatic ring is 1. The maximum Gasteiger partial charge on any atom is 0.153 e. The third-order valence-electron chi connectivity index (χ3n) is 2.85. The quantitative estimate of drug-likeness (QED) is 0.610. The molecule has 3 N–H and O–H groups in total. The predicted octanol–water partition coefficient (Wildman–Crippen LogP) is 1.40. The van der Waals surface area contributed by atoms with Crippen molar-refractivity contribution in [3.63, 3.8) is 0 Å². The molecule has 0 bridgehead atoms. The Hall–Kier alpha value is -1.56. The Morgan fingerprint density at radius 1 is 1.32 bits per heavy atom. The van der Waals surface area contributed by atoms with Gasteiger partial charge in [0.05, 0.1) is 5.75 Å². The molecule has 0 radical (unpaired) electrons. The van der Waals surface area contributed by atoms with Crippen LogP contribution >= 0.6 is 0 Å². The molecule has 106 valence electrons. The van der Waals surface area contributed by atoms with E-state index >= 15 is 0 Å². The first-order chi connectivity index (χ1) is 8.76. The van der Waals surface area contributed by atoms with Crippen molar-refractivity contribution in [3.05, 3.63) is 28.8 Å². The number of nitrogens with one attached hydrogen (secondary N) is 1.